The van der Waals surface area contributed by atoms with Gasteiger partial charge in [-0.05, 0) is 85.5 Å². The number of hydrogen-bond acceptors (Lipinski definition) is 2. The largest absolute Gasteiger partial charge is 0.457 e. The van der Waals surface area contributed by atoms with Gasteiger partial charge in [0.25, 0.3) is 0 Å². The molecule has 2 nitrogen and oxygen atoms in total. The Hall–Kier alpha value is -3.73. The standard InChI is InChI=1S/C30H27F3O2/c1-4-22-6-5-7-28(20-22)35-27-18-12-24(13-19-27)29(3,30(31,32)33)23-10-16-26(17-11-23)34-25-14-8-21(2)9-15-25/h5-20H,4H2,1-3H3. The molecule has 0 aromatic heterocycles. The second-order valence-corrected chi connectivity index (χ2v) is 8.69. The molecule has 0 saturated carbocycles. The number of halogens is 3. The first-order valence-corrected chi connectivity index (χ1v) is 11.5. The Morgan fingerprint density at radius 1 is 0.629 bits per heavy atom. The molecule has 0 radical (unpaired) electrons. The lowest BCUT2D eigenvalue weighted by Crippen LogP contribution is -2.40. The van der Waals surface area contributed by atoms with Gasteiger partial charge in [-0.25, -0.2) is 0 Å². The zero-order valence-corrected chi connectivity index (χ0v) is 19.9. The van der Waals surface area contributed by atoms with Crippen molar-refractivity contribution in [1.29, 1.82) is 0 Å². The highest BCUT2D eigenvalue weighted by Gasteiger charge is 2.53. The highest BCUT2D eigenvalue weighted by molar-refractivity contribution is 5.46. The minimum Gasteiger partial charge on any atom is -0.457 e. The molecule has 5 heteroatoms. The number of aryl methyl sites for hydroxylation is 2. The lowest BCUT2D eigenvalue weighted by molar-refractivity contribution is -0.173. The van der Waals surface area contributed by atoms with Gasteiger partial charge in [0, 0.05) is 0 Å². The molecule has 0 saturated heterocycles. The molecule has 0 fully saturated rings. The number of ether oxygens (including phenoxy) is 2. The molecule has 0 amide bonds. The average molecular weight is 477 g/mol. The van der Waals surface area contributed by atoms with Gasteiger partial charge in [-0.1, -0.05) is 61.0 Å². The lowest BCUT2D eigenvalue weighted by Gasteiger charge is -2.33. The van der Waals surface area contributed by atoms with Crippen LogP contribution in [0.4, 0.5) is 13.2 Å². The first-order chi connectivity index (χ1) is 16.7. The lowest BCUT2D eigenvalue weighted by atomic mass is 9.75. The van der Waals surface area contributed by atoms with Crippen LogP contribution < -0.4 is 9.47 Å². The van der Waals surface area contributed by atoms with E-state index in [9.17, 15) is 13.2 Å². The van der Waals surface area contributed by atoms with Crippen LogP contribution in [0.3, 0.4) is 0 Å². The van der Waals surface area contributed by atoms with Crippen LogP contribution in [0.2, 0.25) is 0 Å². The molecule has 4 aromatic carbocycles. The molecular formula is C30H27F3O2. The minimum absolute atomic E-state index is 0.130. The van der Waals surface area contributed by atoms with E-state index in [0.29, 0.717) is 23.0 Å². The van der Waals surface area contributed by atoms with Gasteiger partial charge in [0.2, 0.25) is 0 Å². The number of alkyl halides is 3. The summed E-state index contributed by atoms with van der Waals surface area (Å²) in [6.45, 7) is 5.22. The van der Waals surface area contributed by atoms with Crippen LogP contribution in [0, 0.1) is 6.92 Å². The van der Waals surface area contributed by atoms with Crippen LogP contribution in [0.5, 0.6) is 23.0 Å². The normalized spacial score (nSPS) is 13.2. The van der Waals surface area contributed by atoms with Gasteiger partial charge in [0.1, 0.15) is 28.4 Å². The van der Waals surface area contributed by atoms with Crippen molar-refractivity contribution in [2.75, 3.05) is 0 Å². The molecule has 0 aliphatic carbocycles. The van der Waals surface area contributed by atoms with E-state index in [4.69, 9.17) is 9.47 Å². The summed E-state index contributed by atoms with van der Waals surface area (Å²) in [4.78, 5) is 0. The van der Waals surface area contributed by atoms with Crippen LogP contribution in [0.15, 0.2) is 97.1 Å². The monoisotopic (exact) mass is 476 g/mol. The van der Waals surface area contributed by atoms with Gasteiger partial charge < -0.3 is 9.47 Å². The van der Waals surface area contributed by atoms with Gasteiger partial charge >= 0.3 is 6.18 Å². The van der Waals surface area contributed by atoms with Crippen LogP contribution in [-0.4, -0.2) is 6.18 Å². The smallest absolute Gasteiger partial charge is 0.402 e. The van der Waals surface area contributed by atoms with Crippen molar-refractivity contribution in [3.63, 3.8) is 0 Å². The summed E-state index contributed by atoms with van der Waals surface area (Å²) in [7, 11) is 0. The molecule has 0 N–H and O–H groups in total. The maximum atomic E-state index is 14.4. The molecule has 4 aromatic rings. The Bertz CT molecular complexity index is 1260. The maximum absolute atomic E-state index is 14.4. The Morgan fingerprint density at radius 3 is 1.54 bits per heavy atom. The summed E-state index contributed by atoms with van der Waals surface area (Å²) in [5, 5.41) is 0. The summed E-state index contributed by atoms with van der Waals surface area (Å²) in [5.41, 5.74) is 0.284. The summed E-state index contributed by atoms with van der Waals surface area (Å²) in [5.74, 6) is 2.23. The number of hydrogen-bond donors (Lipinski definition) is 0. The van der Waals surface area contributed by atoms with E-state index in [2.05, 4.69) is 0 Å². The fourth-order valence-electron chi connectivity index (χ4n) is 3.91. The predicted octanol–water partition coefficient (Wildman–Crippen LogP) is 9.01. The maximum Gasteiger partial charge on any atom is 0.402 e. The minimum atomic E-state index is -4.51. The molecule has 0 bridgehead atoms. The van der Waals surface area contributed by atoms with Crippen LogP contribution in [0.25, 0.3) is 0 Å². The van der Waals surface area contributed by atoms with Crippen molar-refractivity contribution in [2.24, 2.45) is 0 Å². The van der Waals surface area contributed by atoms with E-state index in [-0.39, 0.29) is 11.1 Å². The third-order valence-corrected chi connectivity index (χ3v) is 6.23. The summed E-state index contributed by atoms with van der Waals surface area (Å²) < 4.78 is 54.9. The quantitative estimate of drug-likeness (QED) is 0.265. The molecule has 1 unspecified atom stereocenters. The van der Waals surface area contributed by atoms with Crippen LogP contribution >= 0.6 is 0 Å². The third kappa shape index (κ3) is 5.35. The van der Waals surface area contributed by atoms with Gasteiger partial charge in [-0.15, -0.1) is 0 Å². The Balaban J connectivity index is 1.58. The molecule has 4 rings (SSSR count). The molecule has 1 atom stereocenters. The molecule has 0 spiro atoms. The Kier molecular flexibility index (Phi) is 6.88. The van der Waals surface area contributed by atoms with E-state index in [1.165, 1.54) is 31.2 Å². The van der Waals surface area contributed by atoms with E-state index in [0.717, 1.165) is 17.5 Å². The van der Waals surface area contributed by atoms with Crippen molar-refractivity contribution in [1.82, 2.24) is 0 Å². The summed E-state index contributed by atoms with van der Waals surface area (Å²) >= 11 is 0. The van der Waals surface area contributed by atoms with E-state index in [1.54, 1.807) is 24.3 Å². The average Bonchev–Trinajstić information content (AvgIpc) is 2.85. The highest BCUT2D eigenvalue weighted by atomic mass is 19.4. The number of rotatable bonds is 7. The molecule has 0 aliphatic rings. The zero-order chi connectivity index (χ0) is 25.1. The fourth-order valence-corrected chi connectivity index (χ4v) is 3.91. The molecular weight excluding hydrogens is 449 g/mol. The van der Waals surface area contributed by atoms with Crippen molar-refractivity contribution < 1.29 is 22.6 Å². The van der Waals surface area contributed by atoms with E-state index < -0.39 is 11.6 Å². The molecule has 180 valence electrons. The van der Waals surface area contributed by atoms with Gasteiger partial charge in [-0.2, -0.15) is 13.2 Å². The second-order valence-electron chi connectivity index (χ2n) is 8.69. The van der Waals surface area contributed by atoms with Crippen molar-refractivity contribution >= 4 is 0 Å². The topological polar surface area (TPSA) is 18.5 Å². The Labute approximate surface area is 204 Å². The van der Waals surface area contributed by atoms with Crippen molar-refractivity contribution in [3.05, 3.63) is 119 Å². The van der Waals surface area contributed by atoms with Crippen LogP contribution in [0.1, 0.15) is 36.1 Å². The summed E-state index contributed by atoms with van der Waals surface area (Å²) in [6, 6.07) is 27.3. The fraction of sp³-hybridized carbons (Fsp3) is 0.200. The molecule has 35 heavy (non-hydrogen) atoms. The highest BCUT2D eigenvalue weighted by Crippen LogP contribution is 2.47. The van der Waals surface area contributed by atoms with Crippen molar-refractivity contribution in [2.45, 2.75) is 38.8 Å². The van der Waals surface area contributed by atoms with Gasteiger partial charge in [-0.3, -0.25) is 0 Å². The first kappa shape index (κ1) is 24.4. The molecule has 0 heterocycles. The van der Waals surface area contributed by atoms with Gasteiger partial charge in [0.05, 0.1) is 0 Å². The second kappa shape index (κ2) is 9.87. The first-order valence-electron chi connectivity index (χ1n) is 11.5. The Morgan fingerprint density at radius 2 is 1.09 bits per heavy atom. The predicted molar refractivity (Wildman–Crippen MR) is 133 cm³/mol. The number of benzene rings is 4. The van der Waals surface area contributed by atoms with E-state index in [1.807, 2.05) is 62.4 Å². The van der Waals surface area contributed by atoms with E-state index >= 15 is 0 Å². The zero-order valence-electron chi connectivity index (χ0n) is 19.9. The van der Waals surface area contributed by atoms with Gasteiger partial charge in [0.15, 0.2) is 0 Å². The van der Waals surface area contributed by atoms with Crippen LogP contribution in [-0.2, 0) is 11.8 Å². The SMILES string of the molecule is CCc1cccc(Oc2ccc(C(C)(c3ccc(Oc4ccc(C)cc4)cc3)C(F)(F)F)cc2)c1. The molecule has 0 aliphatic heterocycles. The third-order valence-electron chi connectivity index (χ3n) is 6.23. The van der Waals surface area contributed by atoms with Crippen molar-refractivity contribution in [3.8, 4) is 23.0 Å². The summed E-state index contributed by atoms with van der Waals surface area (Å²) in [6.07, 6.45) is -3.64.